The van der Waals surface area contributed by atoms with Crippen molar-refractivity contribution in [3.8, 4) is 11.4 Å². The van der Waals surface area contributed by atoms with Crippen LogP contribution in [0.5, 0.6) is 5.75 Å². The van der Waals surface area contributed by atoms with Crippen molar-refractivity contribution < 1.29 is 9.53 Å². The maximum Gasteiger partial charge on any atom is 0.257 e. The Hall–Kier alpha value is -2.34. The Morgan fingerprint density at radius 2 is 1.69 bits per heavy atom. The number of nitrogens with zero attached hydrogens (tertiary/aromatic N) is 4. The minimum Gasteiger partial charge on any atom is -0.490 e. The Balaban J connectivity index is 1.16. The largest absolute Gasteiger partial charge is 0.490 e. The second-order valence-corrected chi connectivity index (χ2v) is 9.81. The summed E-state index contributed by atoms with van der Waals surface area (Å²) >= 11 is 0. The predicted molar refractivity (Wildman–Crippen MR) is 125 cm³/mol. The molecule has 32 heavy (non-hydrogen) atoms. The number of benzene rings is 1. The van der Waals surface area contributed by atoms with Gasteiger partial charge < -0.3 is 14.5 Å². The first kappa shape index (κ1) is 21.5. The van der Waals surface area contributed by atoms with Crippen molar-refractivity contribution in [2.24, 2.45) is 0 Å². The Morgan fingerprint density at radius 3 is 2.34 bits per heavy atom. The molecule has 6 nitrogen and oxygen atoms in total. The molecule has 0 radical (unpaired) electrons. The molecule has 0 unspecified atom stereocenters. The minimum absolute atomic E-state index is 0.0661. The summed E-state index contributed by atoms with van der Waals surface area (Å²) < 4.78 is 8.03. The summed E-state index contributed by atoms with van der Waals surface area (Å²) in [7, 11) is 1.93. The molecule has 6 heteroatoms. The molecule has 1 amide bonds. The fraction of sp³-hybridized carbons (Fsp3) is 0.615. The van der Waals surface area contributed by atoms with Gasteiger partial charge in [0.1, 0.15) is 11.9 Å². The van der Waals surface area contributed by atoms with Gasteiger partial charge in [0.15, 0.2) is 0 Å². The van der Waals surface area contributed by atoms with Crippen LogP contribution in [0.15, 0.2) is 36.7 Å². The van der Waals surface area contributed by atoms with Gasteiger partial charge in [-0.15, -0.1) is 0 Å². The standard InChI is InChI=1S/C26H36N4O2/c1-28(21-6-3-2-4-7-21)26(31)20-18-27-30(19-20)23-10-12-24(13-11-23)32-25-14-16-29(17-15-25)22-8-5-9-22/h10-13,18-19,21-22,25H,2-9,14-17H2,1H3. The lowest BCUT2D eigenvalue weighted by atomic mass is 9.90. The Morgan fingerprint density at radius 1 is 0.969 bits per heavy atom. The highest BCUT2D eigenvalue weighted by Gasteiger charge is 2.29. The zero-order valence-electron chi connectivity index (χ0n) is 19.3. The van der Waals surface area contributed by atoms with Crippen molar-refractivity contribution in [1.29, 1.82) is 0 Å². The summed E-state index contributed by atoms with van der Waals surface area (Å²) in [6.45, 7) is 2.32. The maximum atomic E-state index is 12.9. The molecule has 1 aromatic carbocycles. The van der Waals surface area contributed by atoms with E-state index in [9.17, 15) is 4.79 Å². The lowest BCUT2D eigenvalue weighted by molar-refractivity contribution is 0.0493. The van der Waals surface area contributed by atoms with Crippen LogP contribution in [0.3, 0.4) is 0 Å². The number of aromatic nitrogens is 2. The highest BCUT2D eigenvalue weighted by Crippen LogP contribution is 2.29. The van der Waals surface area contributed by atoms with Gasteiger partial charge in [-0.05, 0) is 62.8 Å². The Bertz CT molecular complexity index is 891. The molecule has 1 saturated heterocycles. The van der Waals surface area contributed by atoms with Crippen LogP contribution in [0.1, 0.15) is 74.6 Å². The zero-order chi connectivity index (χ0) is 21.9. The molecule has 0 N–H and O–H groups in total. The number of rotatable bonds is 6. The molecular formula is C26H36N4O2. The average molecular weight is 437 g/mol. The van der Waals surface area contributed by atoms with E-state index in [-0.39, 0.29) is 5.91 Å². The second-order valence-electron chi connectivity index (χ2n) is 9.81. The van der Waals surface area contributed by atoms with E-state index in [1.165, 1.54) is 38.5 Å². The zero-order valence-corrected chi connectivity index (χ0v) is 19.3. The first-order valence-corrected chi connectivity index (χ1v) is 12.5. The molecule has 0 atom stereocenters. The van der Waals surface area contributed by atoms with Gasteiger partial charge in [-0.25, -0.2) is 4.68 Å². The molecule has 1 aromatic heterocycles. The van der Waals surface area contributed by atoms with Crippen LogP contribution < -0.4 is 4.74 Å². The highest BCUT2D eigenvalue weighted by atomic mass is 16.5. The fourth-order valence-corrected chi connectivity index (χ4v) is 5.39. The van der Waals surface area contributed by atoms with Crippen molar-refractivity contribution in [3.05, 3.63) is 42.2 Å². The SMILES string of the molecule is CN(C(=O)c1cnn(-c2ccc(OC3CCN(C4CCC4)CC3)cc2)c1)C1CCCCC1. The summed E-state index contributed by atoms with van der Waals surface area (Å²) in [5, 5.41) is 4.44. The van der Waals surface area contributed by atoms with Crippen molar-refractivity contribution in [1.82, 2.24) is 19.6 Å². The number of carbonyl (C=O) groups excluding carboxylic acids is 1. The molecule has 2 aliphatic carbocycles. The Kier molecular flexibility index (Phi) is 6.49. The van der Waals surface area contributed by atoms with E-state index < -0.39 is 0 Å². The van der Waals surface area contributed by atoms with Crippen molar-refractivity contribution >= 4 is 5.91 Å². The monoisotopic (exact) mass is 436 g/mol. The predicted octanol–water partition coefficient (Wildman–Crippen LogP) is 4.67. The lowest BCUT2D eigenvalue weighted by Crippen LogP contribution is -2.46. The van der Waals surface area contributed by atoms with Gasteiger partial charge in [0, 0.05) is 38.4 Å². The topological polar surface area (TPSA) is 50.6 Å². The molecule has 3 aliphatic rings. The van der Waals surface area contributed by atoms with Crippen LogP contribution in [0.4, 0.5) is 0 Å². The lowest BCUT2D eigenvalue weighted by Gasteiger charge is -2.41. The van der Waals surface area contributed by atoms with Crippen molar-refractivity contribution in [2.75, 3.05) is 20.1 Å². The molecule has 0 bridgehead atoms. The average Bonchev–Trinajstić information content (AvgIpc) is 3.30. The summed E-state index contributed by atoms with van der Waals surface area (Å²) in [6, 6.07) is 9.27. The summed E-state index contributed by atoms with van der Waals surface area (Å²) in [5.41, 5.74) is 1.59. The maximum absolute atomic E-state index is 12.9. The third-order valence-electron chi connectivity index (χ3n) is 7.74. The van der Waals surface area contributed by atoms with Crippen molar-refractivity contribution in [2.45, 2.75) is 82.4 Å². The van der Waals surface area contributed by atoms with E-state index in [2.05, 4.69) is 10.00 Å². The number of hydrogen-bond acceptors (Lipinski definition) is 4. The van der Waals surface area contributed by atoms with Crippen molar-refractivity contribution in [3.63, 3.8) is 0 Å². The Labute approximate surface area is 191 Å². The van der Waals surface area contributed by atoms with Crippen LogP contribution in [0.25, 0.3) is 5.69 Å². The molecule has 2 heterocycles. The molecule has 3 fully saturated rings. The van der Waals surface area contributed by atoms with Gasteiger partial charge in [-0.1, -0.05) is 25.7 Å². The fourth-order valence-electron chi connectivity index (χ4n) is 5.39. The van der Waals surface area contributed by atoms with Gasteiger partial charge in [-0.3, -0.25) is 4.79 Å². The third kappa shape index (κ3) is 4.70. The van der Waals surface area contributed by atoms with E-state index >= 15 is 0 Å². The van der Waals surface area contributed by atoms with Gasteiger partial charge in [0.25, 0.3) is 5.91 Å². The summed E-state index contributed by atoms with van der Waals surface area (Å²) in [6.07, 6.45) is 16.1. The molecule has 172 valence electrons. The normalized spacial score (nSPS) is 21.3. The van der Waals surface area contributed by atoms with Crippen LogP contribution in [0, 0.1) is 0 Å². The molecule has 2 saturated carbocycles. The van der Waals surface area contributed by atoms with E-state index in [0.29, 0.717) is 17.7 Å². The van der Waals surface area contributed by atoms with Crippen LogP contribution in [0.2, 0.25) is 0 Å². The number of piperidine rings is 1. The number of carbonyl (C=O) groups is 1. The summed E-state index contributed by atoms with van der Waals surface area (Å²) in [5.74, 6) is 0.979. The molecule has 2 aromatic rings. The molecule has 5 rings (SSSR count). The van der Waals surface area contributed by atoms with Crippen LogP contribution in [-0.4, -0.2) is 63.8 Å². The first-order chi connectivity index (χ1) is 15.7. The van der Waals surface area contributed by atoms with E-state index in [4.69, 9.17) is 4.74 Å². The third-order valence-corrected chi connectivity index (χ3v) is 7.74. The smallest absolute Gasteiger partial charge is 0.257 e. The summed E-state index contributed by atoms with van der Waals surface area (Å²) in [4.78, 5) is 17.5. The van der Waals surface area contributed by atoms with Gasteiger partial charge in [0.2, 0.25) is 0 Å². The van der Waals surface area contributed by atoms with E-state index in [0.717, 1.165) is 56.3 Å². The molecule has 0 spiro atoms. The number of ether oxygens (including phenoxy) is 1. The minimum atomic E-state index is 0.0661. The number of amides is 1. The van der Waals surface area contributed by atoms with E-state index in [1.807, 2.05) is 42.4 Å². The number of likely N-dealkylation sites (tertiary alicyclic amines) is 1. The van der Waals surface area contributed by atoms with Crippen LogP contribution in [-0.2, 0) is 0 Å². The van der Waals surface area contributed by atoms with Crippen LogP contribution >= 0.6 is 0 Å². The first-order valence-electron chi connectivity index (χ1n) is 12.5. The highest BCUT2D eigenvalue weighted by molar-refractivity contribution is 5.93. The van der Waals surface area contributed by atoms with Gasteiger partial charge in [0.05, 0.1) is 17.4 Å². The van der Waals surface area contributed by atoms with Gasteiger partial charge >= 0.3 is 0 Å². The molecular weight excluding hydrogens is 400 g/mol. The molecule has 1 aliphatic heterocycles. The van der Waals surface area contributed by atoms with Gasteiger partial charge in [-0.2, -0.15) is 5.10 Å². The van der Waals surface area contributed by atoms with E-state index in [1.54, 1.807) is 10.9 Å². The quantitative estimate of drug-likeness (QED) is 0.660. The second kappa shape index (κ2) is 9.65. The number of hydrogen-bond donors (Lipinski definition) is 0.